The molecule has 0 heterocycles. The van der Waals surface area contributed by atoms with Crippen molar-refractivity contribution in [2.75, 3.05) is 17.5 Å². The lowest BCUT2D eigenvalue weighted by atomic mass is 10.1. The Morgan fingerprint density at radius 2 is 1.57 bits per heavy atom. The van der Waals surface area contributed by atoms with Crippen molar-refractivity contribution in [1.29, 1.82) is 0 Å². The monoisotopic (exact) mass is 569 g/mol. The van der Waals surface area contributed by atoms with Crippen LogP contribution >= 0.6 is 0 Å². The Hall–Kier alpha value is -3.92. The molecule has 1 N–H and O–H groups in total. The van der Waals surface area contributed by atoms with Crippen molar-refractivity contribution in [3.8, 4) is 5.75 Å². The zero-order valence-corrected chi connectivity index (χ0v) is 24.2. The fourth-order valence-electron chi connectivity index (χ4n) is 4.04. The molecule has 0 aliphatic heterocycles. The number of carbonyl (C=O) groups excluding carboxylic acids is 2. The molecule has 0 aliphatic rings. The van der Waals surface area contributed by atoms with Crippen LogP contribution in [0.1, 0.15) is 38.8 Å². The van der Waals surface area contributed by atoms with Gasteiger partial charge in [0.1, 0.15) is 24.2 Å². The zero-order chi connectivity index (χ0) is 29.4. The summed E-state index contributed by atoms with van der Waals surface area (Å²) >= 11 is 0. The minimum Gasteiger partial charge on any atom is -0.494 e. The van der Waals surface area contributed by atoms with Crippen molar-refractivity contribution in [1.82, 2.24) is 10.2 Å². The van der Waals surface area contributed by atoms with Gasteiger partial charge in [-0.05, 0) is 77.1 Å². The van der Waals surface area contributed by atoms with Gasteiger partial charge >= 0.3 is 0 Å². The van der Waals surface area contributed by atoms with E-state index in [2.05, 4.69) is 5.32 Å². The van der Waals surface area contributed by atoms with Crippen LogP contribution in [0.5, 0.6) is 5.75 Å². The standard InChI is InChI=1S/C30H36FN3O5S/c1-6-39-26-15-13-25(14-16-26)34(40(37,38)27-17-11-22(4)12-18-27)20-29(35)33(23(5)30(36)32-21(2)3)19-24-9-7-8-10-28(24)31/h7-18,21,23H,6,19-20H2,1-5H3,(H,32,36). The number of hydrogen-bond donors (Lipinski definition) is 1. The third-order valence-corrected chi connectivity index (χ3v) is 8.01. The second-order valence-corrected chi connectivity index (χ2v) is 11.6. The summed E-state index contributed by atoms with van der Waals surface area (Å²) in [6.07, 6.45) is 0. The van der Waals surface area contributed by atoms with Crippen LogP contribution in [0.3, 0.4) is 0 Å². The third-order valence-electron chi connectivity index (χ3n) is 6.22. The summed E-state index contributed by atoms with van der Waals surface area (Å²) in [5, 5.41) is 2.77. The minimum absolute atomic E-state index is 0.00559. The number of carbonyl (C=O) groups is 2. The van der Waals surface area contributed by atoms with E-state index in [1.165, 1.54) is 42.2 Å². The molecule has 3 aromatic carbocycles. The Balaban J connectivity index is 2.04. The van der Waals surface area contributed by atoms with E-state index >= 15 is 0 Å². The molecule has 1 unspecified atom stereocenters. The Kier molecular flexibility index (Phi) is 10.3. The molecule has 0 spiro atoms. The van der Waals surface area contributed by atoms with Crippen LogP contribution in [0, 0.1) is 12.7 Å². The van der Waals surface area contributed by atoms with E-state index in [1.54, 1.807) is 56.3 Å². The van der Waals surface area contributed by atoms with Gasteiger partial charge in [-0.25, -0.2) is 12.8 Å². The SMILES string of the molecule is CCOc1ccc(N(CC(=O)N(Cc2ccccc2F)C(C)C(=O)NC(C)C)S(=O)(=O)c2ccc(C)cc2)cc1. The van der Waals surface area contributed by atoms with Crippen LogP contribution in [0.2, 0.25) is 0 Å². The van der Waals surface area contributed by atoms with E-state index in [9.17, 15) is 22.4 Å². The fourth-order valence-corrected chi connectivity index (χ4v) is 5.45. The van der Waals surface area contributed by atoms with E-state index in [0.29, 0.717) is 12.4 Å². The number of ether oxygens (including phenoxy) is 1. The lowest BCUT2D eigenvalue weighted by molar-refractivity contribution is -0.139. The number of anilines is 1. The van der Waals surface area contributed by atoms with Crippen molar-refractivity contribution >= 4 is 27.5 Å². The first-order valence-corrected chi connectivity index (χ1v) is 14.5. The van der Waals surface area contributed by atoms with Crippen LogP contribution in [0.4, 0.5) is 10.1 Å². The number of sulfonamides is 1. The second kappa shape index (κ2) is 13.4. The average molecular weight is 570 g/mol. The molecular weight excluding hydrogens is 533 g/mol. The number of nitrogens with zero attached hydrogens (tertiary/aromatic N) is 2. The van der Waals surface area contributed by atoms with Gasteiger partial charge in [-0.1, -0.05) is 35.9 Å². The molecule has 0 radical (unpaired) electrons. The molecular formula is C30H36FN3O5S. The third kappa shape index (κ3) is 7.59. The summed E-state index contributed by atoms with van der Waals surface area (Å²) in [6.45, 7) is 8.38. The second-order valence-electron chi connectivity index (χ2n) is 9.70. The summed E-state index contributed by atoms with van der Waals surface area (Å²) in [7, 11) is -4.20. The largest absolute Gasteiger partial charge is 0.494 e. The Morgan fingerprint density at radius 1 is 0.950 bits per heavy atom. The van der Waals surface area contributed by atoms with Crippen molar-refractivity contribution in [2.24, 2.45) is 0 Å². The zero-order valence-electron chi connectivity index (χ0n) is 23.4. The maximum atomic E-state index is 14.6. The number of benzene rings is 3. The summed E-state index contributed by atoms with van der Waals surface area (Å²) in [5.74, 6) is -1.09. The van der Waals surface area contributed by atoms with E-state index in [1.807, 2.05) is 13.8 Å². The molecule has 1 atom stereocenters. The highest BCUT2D eigenvalue weighted by molar-refractivity contribution is 7.92. The molecule has 3 rings (SSSR count). The highest BCUT2D eigenvalue weighted by Crippen LogP contribution is 2.27. The molecule has 0 aromatic heterocycles. The van der Waals surface area contributed by atoms with Crippen molar-refractivity contribution < 1.29 is 27.1 Å². The van der Waals surface area contributed by atoms with Gasteiger partial charge in [-0.15, -0.1) is 0 Å². The van der Waals surface area contributed by atoms with Gasteiger partial charge in [0, 0.05) is 18.2 Å². The van der Waals surface area contributed by atoms with Crippen LogP contribution in [0.25, 0.3) is 0 Å². The van der Waals surface area contributed by atoms with Crippen LogP contribution < -0.4 is 14.4 Å². The van der Waals surface area contributed by atoms with E-state index in [4.69, 9.17) is 4.74 Å². The number of aryl methyl sites for hydroxylation is 1. The van der Waals surface area contributed by atoms with Gasteiger partial charge < -0.3 is 15.0 Å². The van der Waals surface area contributed by atoms with Crippen molar-refractivity contribution in [3.05, 3.63) is 89.7 Å². The van der Waals surface area contributed by atoms with Gasteiger partial charge in [-0.3, -0.25) is 13.9 Å². The Labute approximate surface area is 235 Å². The predicted octanol–water partition coefficient (Wildman–Crippen LogP) is 4.67. The molecule has 0 saturated carbocycles. The lowest BCUT2D eigenvalue weighted by Crippen LogP contribution is -2.52. The maximum Gasteiger partial charge on any atom is 0.264 e. The summed E-state index contributed by atoms with van der Waals surface area (Å²) in [5.41, 5.74) is 1.32. The topological polar surface area (TPSA) is 96.0 Å². The first-order valence-electron chi connectivity index (χ1n) is 13.1. The molecule has 40 heavy (non-hydrogen) atoms. The Morgan fingerprint density at radius 3 is 2.15 bits per heavy atom. The van der Waals surface area contributed by atoms with Gasteiger partial charge in [0.05, 0.1) is 17.2 Å². The summed E-state index contributed by atoms with van der Waals surface area (Å²) in [6, 6.07) is 17.4. The van der Waals surface area contributed by atoms with Crippen LogP contribution in [0.15, 0.2) is 77.7 Å². The molecule has 2 amide bonds. The van der Waals surface area contributed by atoms with Gasteiger partial charge in [-0.2, -0.15) is 0 Å². The molecule has 0 saturated heterocycles. The molecule has 0 fully saturated rings. The van der Waals surface area contributed by atoms with Gasteiger partial charge in [0.15, 0.2) is 0 Å². The van der Waals surface area contributed by atoms with Crippen molar-refractivity contribution in [2.45, 2.75) is 58.1 Å². The number of hydrogen-bond acceptors (Lipinski definition) is 5. The quantitative estimate of drug-likeness (QED) is 0.342. The molecule has 3 aromatic rings. The normalized spacial score (nSPS) is 12.1. The number of nitrogens with one attached hydrogen (secondary N) is 1. The van der Waals surface area contributed by atoms with E-state index < -0.39 is 40.2 Å². The van der Waals surface area contributed by atoms with Crippen LogP contribution in [-0.2, 0) is 26.2 Å². The molecule has 214 valence electrons. The minimum atomic E-state index is -4.20. The number of amides is 2. The lowest BCUT2D eigenvalue weighted by Gasteiger charge is -2.32. The van der Waals surface area contributed by atoms with Crippen molar-refractivity contribution in [3.63, 3.8) is 0 Å². The Bertz CT molecular complexity index is 1410. The number of halogens is 1. The van der Waals surface area contributed by atoms with E-state index in [0.717, 1.165) is 9.87 Å². The predicted molar refractivity (Wildman–Crippen MR) is 153 cm³/mol. The maximum absolute atomic E-state index is 14.6. The highest BCUT2D eigenvalue weighted by atomic mass is 32.2. The molecule has 8 nitrogen and oxygen atoms in total. The highest BCUT2D eigenvalue weighted by Gasteiger charge is 2.33. The van der Waals surface area contributed by atoms with Gasteiger partial charge in [0.25, 0.3) is 10.0 Å². The summed E-state index contributed by atoms with van der Waals surface area (Å²) < 4.78 is 48.8. The fraction of sp³-hybridized carbons (Fsp3) is 0.333. The molecule has 0 aliphatic carbocycles. The first kappa shape index (κ1) is 30.6. The first-order chi connectivity index (χ1) is 18.9. The van der Waals surface area contributed by atoms with Crippen LogP contribution in [-0.4, -0.2) is 50.4 Å². The molecule has 10 heteroatoms. The van der Waals surface area contributed by atoms with E-state index in [-0.39, 0.29) is 28.7 Å². The summed E-state index contributed by atoms with van der Waals surface area (Å²) in [4.78, 5) is 28.0. The smallest absolute Gasteiger partial charge is 0.264 e. The molecule has 0 bridgehead atoms. The van der Waals surface area contributed by atoms with Gasteiger partial charge in [0.2, 0.25) is 11.8 Å². The number of rotatable bonds is 12. The average Bonchev–Trinajstić information content (AvgIpc) is 2.91.